The number of hydrogen-bond acceptors (Lipinski definition) is 9. The van der Waals surface area contributed by atoms with Crippen LogP contribution in [0.1, 0.15) is 16.2 Å². The number of rotatable bonds is 13. The number of nitrogens with zero attached hydrogens (tertiary/aromatic N) is 2. The zero-order chi connectivity index (χ0) is 33.1. The van der Waals surface area contributed by atoms with E-state index in [0.29, 0.717) is 34.7 Å². The molecule has 0 fully saturated rings. The Morgan fingerprint density at radius 1 is 1.07 bits per heavy atom. The maximum atomic E-state index is 13.4. The number of fused-ring (bicyclic) bond motifs is 1. The van der Waals surface area contributed by atoms with Crippen molar-refractivity contribution in [3.05, 3.63) is 76.3 Å². The molecule has 0 radical (unpaired) electrons. The van der Waals surface area contributed by atoms with E-state index < -0.39 is 46.2 Å². The Bertz CT molecular complexity index is 1950. The van der Waals surface area contributed by atoms with Crippen LogP contribution in [0.25, 0.3) is 22.0 Å². The van der Waals surface area contributed by atoms with Gasteiger partial charge >= 0.3 is 5.97 Å². The molecule has 0 unspecified atom stereocenters. The second kappa shape index (κ2) is 13.6. The molecule has 0 saturated heterocycles. The molecular weight excluding hydrogens is 639 g/mol. The van der Waals surface area contributed by atoms with Crippen LogP contribution < -0.4 is 14.6 Å². The third kappa shape index (κ3) is 8.22. The molecule has 2 aromatic carbocycles. The van der Waals surface area contributed by atoms with E-state index >= 15 is 0 Å². The first-order valence-corrected chi connectivity index (χ1v) is 20.9. The SMILES string of the molecule is COC(=O)c1cc2c(-c3cc(N(CS(C)(=O)=O)[SH](=O)=O)ccc3Oc3ccccc3)n(COCC[Si](C)(C)C)c(C)c2c(=O)[nH]1. The van der Waals surface area contributed by atoms with Crippen LogP contribution in [0.15, 0.2) is 59.4 Å². The van der Waals surface area contributed by atoms with Gasteiger partial charge in [0.2, 0.25) is 10.9 Å². The number of anilines is 1. The van der Waals surface area contributed by atoms with Crippen molar-refractivity contribution in [1.82, 2.24) is 9.55 Å². The highest BCUT2D eigenvalue weighted by Crippen LogP contribution is 2.41. The van der Waals surface area contributed by atoms with Crippen molar-refractivity contribution in [3.8, 4) is 22.8 Å². The lowest BCUT2D eigenvalue weighted by Crippen LogP contribution is -2.27. The van der Waals surface area contributed by atoms with Gasteiger partial charge in [-0.2, -0.15) is 0 Å². The highest BCUT2D eigenvalue weighted by atomic mass is 32.2. The van der Waals surface area contributed by atoms with Gasteiger partial charge in [-0.1, -0.05) is 37.8 Å². The normalized spacial score (nSPS) is 12.1. The Kier molecular flexibility index (Phi) is 10.3. The molecule has 0 amide bonds. The van der Waals surface area contributed by atoms with Gasteiger partial charge in [0, 0.05) is 37.6 Å². The number of benzene rings is 2. The number of esters is 1. The van der Waals surface area contributed by atoms with Gasteiger partial charge < -0.3 is 23.8 Å². The number of carbonyl (C=O) groups is 1. The first kappa shape index (κ1) is 34.0. The monoisotopic (exact) mass is 675 g/mol. The first-order chi connectivity index (χ1) is 21.1. The number of pyridine rings is 1. The molecule has 1 N–H and O–H groups in total. The summed E-state index contributed by atoms with van der Waals surface area (Å²) >= 11 is 0. The lowest BCUT2D eigenvalue weighted by Gasteiger charge is -2.21. The van der Waals surface area contributed by atoms with Gasteiger partial charge in [0.15, 0.2) is 9.84 Å². The zero-order valence-corrected chi connectivity index (χ0v) is 28.7. The minimum atomic E-state index is -3.75. The second-order valence-corrected chi connectivity index (χ2v) is 20.5. The number of thiol groups is 1. The molecule has 0 bridgehead atoms. The van der Waals surface area contributed by atoms with Crippen molar-refractivity contribution in [2.75, 3.05) is 30.2 Å². The Morgan fingerprint density at radius 3 is 2.36 bits per heavy atom. The predicted octanol–water partition coefficient (Wildman–Crippen LogP) is 4.53. The van der Waals surface area contributed by atoms with Crippen molar-refractivity contribution in [2.45, 2.75) is 39.3 Å². The molecule has 0 aliphatic carbocycles. The van der Waals surface area contributed by atoms with Gasteiger partial charge in [-0.3, -0.25) is 9.10 Å². The molecule has 242 valence electrons. The predicted molar refractivity (Wildman–Crippen MR) is 177 cm³/mol. The summed E-state index contributed by atoms with van der Waals surface area (Å²) in [5, 5.41) is 0.645. The Balaban J connectivity index is 2.04. The number of nitrogens with one attached hydrogen (secondary N) is 1. The lowest BCUT2D eigenvalue weighted by molar-refractivity contribution is 0.0594. The summed E-state index contributed by atoms with van der Waals surface area (Å²) in [5.41, 5.74) is 0.708. The summed E-state index contributed by atoms with van der Waals surface area (Å²) in [6, 6.07) is 15.7. The number of ether oxygens (including phenoxy) is 3. The van der Waals surface area contributed by atoms with Crippen LogP contribution in [-0.2, 0) is 36.9 Å². The summed E-state index contributed by atoms with van der Waals surface area (Å²) in [4.78, 5) is 28.5. The number of hydrogen-bond donors (Lipinski definition) is 2. The standard InChI is InChI=1S/C30H37N3O9S2Si/c1-20-27-24(17-25(30(35)40-2)31-29(27)34)28(32(20)18-41-14-15-45(4,5)6)23-16-21(33(43(36)37)19-44(3,38)39)12-13-26(23)42-22-10-8-7-9-11-22/h7-13,16-17,43H,14-15,18-19H2,1-6H3,(H,31,34). The van der Waals surface area contributed by atoms with E-state index in [9.17, 15) is 26.4 Å². The molecule has 15 heteroatoms. The van der Waals surface area contributed by atoms with Gasteiger partial charge in [0.05, 0.1) is 23.9 Å². The third-order valence-corrected chi connectivity index (χ3v) is 10.4. The molecule has 4 rings (SSSR count). The minimum absolute atomic E-state index is 0.0329. The number of carbonyl (C=O) groups excluding carboxylic acids is 1. The molecule has 0 aliphatic rings. The van der Waals surface area contributed by atoms with Crippen LogP contribution in [0.3, 0.4) is 0 Å². The fourth-order valence-electron chi connectivity index (χ4n) is 4.77. The van der Waals surface area contributed by atoms with E-state index in [0.717, 1.165) is 16.6 Å². The van der Waals surface area contributed by atoms with E-state index in [2.05, 4.69) is 24.6 Å². The van der Waals surface area contributed by atoms with Crippen LogP contribution in [0.4, 0.5) is 5.69 Å². The van der Waals surface area contributed by atoms with Crippen molar-refractivity contribution in [2.24, 2.45) is 0 Å². The number of aryl methyl sites for hydroxylation is 1. The number of sulfone groups is 1. The Morgan fingerprint density at radius 2 is 1.76 bits per heavy atom. The molecule has 0 atom stereocenters. The molecule has 0 aliphatic heterocycles. The number of aromatic amines is 1. The molecule has 0 saturated carbocycles. The van der Waals surface area contributed by atoms with E-state index in [1.165, 1.54) is 31.4 Å². The van der Waals surface area contributed by atoms with Crippen molar-refractivity contribution >= 4 is 51.2 Å². The number of aromatic nitrogens is 2. The summed E-state index contributed by atoms with van der Waals surface area (Å²) in [6.07, 6.45) is 0.938. The maximum Gasteiger partial charge on any atom is 0.354 e. The highest BCUT2D eigenvalue weighted by Gasteiger charge is 2.26. The summed E-state index contributed by atoms with van der Waals surface area (Å²) in [7, 11) is -7.33. The fourth-order valence-corrected chi connectivity index (χ4v) is 7.44. The number of H-pyrrole nitrogens is 1. The highest BCUT2D eigenvalue weighted by molar-refractivity contribution is 7.91. The van der Waals surface area contributed by atoms with Crippen LogP contribution in [0.2, 0.25) is 25.7 Å². The van der Waals surface area contributed by atoms with E-state index in [1.807, 2.05) is 6.07 Å². The van der Waals surface area contributed by atoms with E-state index in [-0.39, 0.29) is 29.2 Å². The third-order valence-electron chi connectivity index (χ3n) is 6.99. The molecule has 0 spiro atoms. The summed E-state index contributed by atoms with van der Waals surface area (Å²) < 4.78 is 68.7. The molecule has 12 nitrogen and oxygen atoms in total. The summed E-state index contributed by atoms with van der Waals surface area (Å²) in [6.45, 7) is 8.93. The maximum absolute atomic E-state index is 13.4. The smallest absolute Gasteiger partial charge is 0.354 e. The van der Waals surface area contributed by atoms with Gasteiger partial charge in [-0.05, 0) is 49.4 Å². The van der Waals surface area contributed by atoms with Gasteiger partial charge in [0.1, 0.15) is 29.8 Å². The van der Waals surface area contributed by atoms with Crippen LogP contribution >= 0.6 is 0 Å². The Hall–Kier alpha value is -3.92. The van der Waals surface area contributed by atoms with E-state index in [4.69, 9.17) is 14.2 Å². The lowest BCUT2D eigenvalue weighted by atomic mass is 10.0. The topological polar surface area (TPSA) is 154 Å². The molecular formula is C30H37N3O9S2Si. The van der Waals surface area contributed by atoms with Gasteiger partial charge in [-0.15, -0.1) is 0 Å². The number of para-hydroxylation sites is 1. The average Bonchev–Trinajstić information content (AvgIpc) is 3.24. The van der Waals surface area contributed by atoms with Gasteiger partial charge in [-0.25, -0.2) is 21.6 Å². The van der Waals surface area contributed by atoms with Crippen molar-refractivity contribution < 1.29 is 35.8 Å². The summed E-state index contributed by atoms with van der Waals surface area (Å²) in [5.74, 6) is -0.772. The van der Waals surface area contributed by atoms with Crippen LogP contribution in [0.5, 0.6) is 11.5 Å². The average molecular weight is 676 g/mol. The van der Waals surface area contributed by atoms with Crippen molar-refractivity contribution in [3.63, 3.8) is 0 Å². The Labute approximate surface area is 264 Å². The molecule has 45 heavy (non-hydrogen) atoms. The van der Waals surface area contributed by atoms with E-state index in [1.54, 1.807) is 35.8 Å². The van der Waals surface area contributed by atoms with Crippen LogP contribution in [-0.4, -0.2) is 66.3 Å². The number of methoxy groups -OCH3 is 1. The fraction of sp³-hybridized carbons (Fsp3) is 0.333. The quantitative estimate of drug-likeness (QED) is 0.0901. The van der Waals surface area contributed by atoms with Crippen molar-refractivity contribution in [1.29, 1.82) is 0 Å². The largest absolute Gasteiger partial charge is 0.464 e. The molecule has 2 aromatic heterocycles. The van der Waals surface area contributed by atoms with Crippen LogP contribution in [0, 0.1) is 6.92 Å². The minimum Gasteiger partial charge on any atom is -0.464 e. The zero-order valence-electron chi connectivity index (χ0n) is 25.9. The molecule has 2 heterocycles. The first-order valence-electron chi connectivity index (χ1n) is 14.0. The molecule has 4 aromatic rings. The van der Waals surface area contributed by atoms with Gasteiger partial charge in [0.25, 0.3) is 5.56 Å². The second-order valence-electron chi connectivity index (χ2n) is 11.8.